The summed E-state index contributed by atoms with van der Waals surface area (Å²) < 4.78 is 31.7. The number of primary amides is 1. The maximum atomic E-state index is 15.3. The second-order valence-electron chi connectivity index (χ2n) is 11.2. The van der Waals surface area contributed by atoms with Gasteiger partial charge in [-0.05, 0) is 49.3 Å². The Bertz CT molecular complexity index is 2140. The quantitative estimate of drug-likeness (QED) is 0.114. The number of halogens is 2. The summed E-state index contributed by atoms with van der Waals surface area (Å²) in [6.07, 6.45) is -0.773. The topological polar surface area (TPSA) is 191 Å². The number of aromatic nitrogens is 4. The Labute approximate surface area is 280 Å². The molecule has 0 saturated heterocycles. The molecule has 17 heteroatoms. The van der Waals surface area contributed by atoms with E-state index in [-0.39, 0.29) is 57.1 Å². The third kappa shape index (κ3) is 6.14. The SMILES string of the molecule is CCSc1nc(NCc2noc(C(N)=O)n2)c2c3c(c(-c4ccc(F)c5sc(NC(=O)OC(C)(C)C)c(C#N)c45)c(Cl)c2n1)COC3. The predicted octanol–water partition coefficient (Wildman–Crippen LogP) is 6.76. The van der Waals surface area contributed by atoms with Gasteiger partial charge in [0.05, 0.1) is 45.9 Å². The number of anilines is 2. The molecular formula is C30H26ClFN8O5S2. The molecule has 13 nitrogen and oxygen atoms in total. The van der Waals surface area contributed by atoms with Crippen LogP contribution in [0.2, 0.25) is 5.02 Å². The van der Waals surface area contributed by atoms with Crippen LogP contribution >= 0.6 is 34.7 Å². The molecule has 1 aliphatic rings. The van der Waals surface area contributed by atoms with E-state index in [0.717, 1.165) is 16.9 Å². The molecule has 0 saturated carbocycles. The molecule has 0 spiro atoms. The molecule has 0 atom stereocenters. The Morgan fingerprint density at radius 1 is 1.21 bits per heavy atom. The standard InChI is InChI=1S/C30H26ClFN8O5S2/c1-5-46-28-37-22-20(25(38-28)35-9-17-36-26(24(34)41)45-40-17)15-11-43-10-14(15)18(21(22)31)12-6-7-16(32)23-19(12)13(8-33)27(47-23)39-29(42)44-30(2,3)4/h6-7H,5,9-11H2,1-4H3,(H2,34,41)(H,39,42)(H,35,37,38). The van der Waals surface area contributed by atoms with Crippen LogP contribution in [0.1, 0.15) is 60.9 Å². The van der Waals surface area contributed by atoms with E-state index in [1.165, 1.54) is 17.8 Å². The fraction of sp³-hybridized carbons (Fsp3) is 0.300. The van der Waals surface area contributed by atoms with Gasteiger partial charge in [0.15, 0.2) is 11.0 Å². The van der Waals surface area contributed by atoms with Crippen molar-refractivity contribution in [2.24, 2.45) is 5.73 Å². The lowest BCUT2D eigenvalue weighted by molar-refractivity contribution is 0.0636. The number of ether oxygens (including phenoxy) is 2. The maximum Gasteiger partial charge on any atom is 0.412 e. The Morgan fingerprint density at radius 2 is 1.98 bits per heavy atom. The summed E-state index contributed by atoms with van der Waals surface area (Å²) in [6, 6.07) is 4.99. The molecule has 0 unspecified atom stereocenters. The van der Waals surface area contributed by atoms with E-state index < -0.39 is 23.4 Å². The summed E-state index contributed by atoms with van der Waals surface area (Å²) >= 11 is 9.55. The fourth-order valence-corrected chi connectivity index (χ4v) is 7.16. The zero-order chi connectivity index (χ0) is 33.6. The van der Waals surface area contributed by atoms with Crippen molar-refractivity contribution in [2.75, 3.05) is 16.4 Å². The van der Waals surface area contributed by atoms with Gasteiger partial charge in [0, 0.05) is 10.9 Å². The highest BCUT2D eigenvalue weighted by molar-refractivity contribution is 7.99. The minimum atomic E-state index is -0.847. The first-order valence-electron chi connectivity index (χ1n) is 14.2. The average molecular weight is 697 g/mol. The molecule has 6 rings (SSSR count). The molecule has 4 heterocycles. The number of hydrogen-bond acceptors (Lipinski definition) is 13. The van der Waals surface area contributed by atoms with Crippen LogP contribution in [0.3, 0.4) is 0 Å². The highest BCUT2D eigenvalue weighted by atomic mass is 35.5. The van der Waals surface area contributed by atoms with Crippen molar-refractivity contribution >= 4 is 78.5 Å². The normalized spacial score (nSPS) is 12.7. The monoisotopic (exact) mass is 696 g/mol. The number of benzene rings is 2. The van der Waals surface area contributed by atoms with Crippen molar-refractivity contribution < 1.29 is 28.0 Å². The first-order valence-corrected chi connectivity index (χ1v) is 16.3. The summed E-state index contributed by atoms with van der Waals surface area (Å²) in [5.74, 6) is -0.463. The number of carbonyl (C=O) groups excluding carboxylic acids is 2. The molecule has 47 heavy (non-hydrogen) atoms. The van der Waals surface area contributed by atoms with Gasteiger partial charge in [-0.1, -0.05) is 41.5 Å². The third-order valence-electron chi connectivity index (χ3n) is 6.93. The largest absolute Gasteiger partial charge is 0.444 e. The minimum absolute atomic E-state index is 0.0422. The molecule has 4 N–H and O–H groups in total. The van der Waals surface area contributed by atoms with Gasteiger partial charge in [0.2, 0.25) is 0 Å². The van der Waals surface area contributed by atoms with Crippen LogP contribution in [0.25, 0.3) is 32.1 Å². The third-order valence-corrected chi connectivity index (χ3v) is 9.14. The average Bonchev–Trinajstić information content (AvgIpc) is 3.75. The number of rotatable bonds is 8. The van der Waals surface area contributed by atoms with Gasteiger partial charge in [0.1, 0.15) is 28.3 Å². The molecule has 0 radical (unpaired) electrons. The molecule has 2 amide bonds. The predicted molar refractivity (Wildman–Crippen MR) is 175 cm³/mol. The summed E-state index contributed by atoms with van der Waals surface area (Å²) in [6.45, 7) is 7.51. The molecule has 2 aromatic carbocycles. The van der Waals surface area contributed by atoms with E-state index in [1.807, 2.05) is 6.92 Å². The number of thiophene rings is 1. The summed E-state index contributed by atoms with van der Waals surface area (Å²) in [5.41, 5.74) is 7.39. The molecule has 0 aliphatic carbocycles. The first-order chi connectivity index (χ1) is 22.4. The van der Waals surface area contributed by atoms with Crippen molar-refractivity contribution in [3.8, 4) is 17.2 Å². The van der Waals surface area contributed by atoms with Crippen molar-refractivity contribution in [2.45, 2.75) is 58.2 Å². The van der Waals surface area contributed by atoms with E-state index in [4.69, 9.17) is 41.3 Å². The Kier molecular flexibility index (Phi) is 8.66. The maximum absolute atomic E-state index is 15.3. The Hall–Kier alpha value is -4.56. The lowest BCUT2D eigenvalue weighted by atomic mass is 9.91. The molecule has 0 fully saturated rings. The van der Waals surface area contributed by atoms with Gasteiger partial charge in [-0.2, -0.15) is 10.2 Å². The van der Waals surface area contributed by atoms with E-state index in [2.05, 4.69) is 26.8 Å². The molecule has 242 valence electrons. The van der Waals surface area contributed by atoms with Crippen LogP contribution in [0.4, 0.5) is 20.0 Å². The van der Waals surface area contributed by atoms with E-state index in [1.54, 1.807) is 26.8 Å². The van der Waals surface area contributed by atoms with Crippen LogP contribution in [0.15, 0.2) is 21.8 Å². The number of amides is 2. The van der Waals surface area contributed by atoms with Gasteiger partial charge >= 0.3 is 17.9 Å². The lowest BCUT2D eigenvalue weighted by Gasteiger charge is -2.19. The van der Waals surface area contributed by atoms with Crippen LogP contribution in [0, 0.1) is 17.1 Å². The van der Waals surface area contributed by atoms with Gasteiger partial charge in [-0.3, -0.25) is 10.1 Å². The summed E-state index contributed by atoms with van der Waals surface area (Å²) in [7, 11) is 0. The zero-order valence-corrected chi connectivity index (χ0v) is 27.8. The van der Waals surface area contributed by atoms with Gasteiger partial charge < -0.3 is 25.0 Å². The fourth-order valence-electron chi connectivity index (χ4n) is 5.17. The van der Waals surface area contributed by atoms with Crippen molar-refractivity contribution in [3.63, 3.8) is 0 Å². The van der Waals surface area contributed by atoms with E-state index >= 15 is 4.39 Å². The van der Waals surface area contributed by atoms with Gasteiger partial charge in [-0.25, -0.2) is 19.2 Å². The zero-order valence-electron chi connectivity index (χ0n) is 25.4. The Balaban J connectivity index is 1.54. The van der Waals surface area contributed by atoms with Crippen LogP contribution in [0.5, 0.6) is 0 Å². The summed E-state index contributed by atoms with van der Waals surface area (Å²) in [5, 5.41) is 21.6. The number of nitrogens with one attached hydrogen (secondary N) is 2. The van der Waals surface area contributed by atoms with Crippen molar-refractivity contribution in [3.05, 3.63) is 51.4 Å². The number of hydrogen-bond donors (Lipinski definition) is 3. The summed E-state index contributed by atoms with van der Waals surface area (Å²) in [4.78, 5) is 37.6. The number of thioether (sulfide) groups is 1. The van der Waals surface area contributed by atoms with Gasteiger partial charge in [-0.15, -0.1) is 11.3 Å². The van der Waals surface area contributed by atoms with E-state index in [9.17, 15) is 14.9 Å². The molecule has 3 aromatic heterocycles. The highest BCUT2D eigenvalue weighted by Gasteiger charge is 2.31. The number of fused-ring (bicyclic) bond motifs is 4. The number of carbonyl (C=O) groups is 2. The smallest absolute Gasteiger partial charge is 0.412 e. The molecular weight excluding hydrogens is 671 g/mol. The second-order valence-corrected chi connectivity index (χ2v) is 13.9. The number of nitrogens with zero attached hydrogens (tertiary/aromatic N) is 5. The second kappa shape index (κ2) is 12.6. The van der Waals surface area contributed by atoms with Crippen LogP contribution in [-0.2, 0) is 29.2 Å². The van der Waals surface area contributed by atoms with Crippen LogP contribution in [-0.4, -0.2) is 43.5 Å². The lowest BCUT2D eigenvalue weighted by Crippen LogP contribution is -2.27. The molecule has 5 aromatic rings. The van der Waals surface area contributed by atoms with E-state index in [0.29, 0.717) is 44.3 Å². The van der Waals surface area contributed by atoms with Crippen molar-refractivity contribution in [1.82, 2.24) is 20.1 Å². The molecule has 0 bridgehead atoms. The van der Waals surface area contributed by atoms with Crippen LogP contribution < -0.4 is 16.4 Å². The minimum Gasteiger partial charge on any atom is -0.444 e. The first kappa shape index (κ1) is 32.4. The van der Waals surface area contributed by atoms with Gasteiger partial charge in [0.25, 0.3) is 0 Å². The van der Waals surface area contributed by atoms with Crippen molar-refractivity contribution in [1.29, 1.82) is 5.26 Å². The molecule has 1 aliphatic heterocycles. The highest BCUT2D eigenvalue weighted by Crippen LogP contribution is 2.49. The Morgan fingerprint density at radius 3 is 2.66 bits per heavy atom. The number of nitriles is 1. The number of nitrogens with two attached hydrogens (primary N) is 1.